The summed E-state index contributed by atoms with van der Waals surface area (Å²) in [6.07, 6.45) is 2.26. The quantitative estimate of drug-likeness (QED) is 0.707. The fourth-order valence-electron chi connectivity index (χ4n) is 2.05. The van der Waals surface area contributed by atoms with Gasteiger partial charge in [-0.2, -0.15) is 0 Å². The number of hydrogen-bond donors (Lipinski definition) is 1. The maximum Gasteiger partial charge on any atom is 0.119 e. The lowest BCUT2D eigenvalue weighted by atomic mass is 10.1. The zero-order valence-corrected chi connectivity index (χ0v) is 14.3. The minimum atomic E-state index is 0.217. The molecule has 4 heteroatoms. The number of rotatable bonds is 7. The second-order valence-electron chi connectivity index (χ2n) is 4.63. The molecule has 0 aliphatic carbocycles. The Morgan fingerprint density at radius 3 is 2.55 bits per heavy atom. The molecule has 1 heterocycles. The van der Waals surface area contributed by atoms with E-state index in [0.717, 1.165) is 29.7 Å². The summed E-state index contributed by atoms with van der Waals surface area (Å²) in [5.41, 5.74) is 1.25. The molecular weight excluding hydrogens is 334 g/mol. The fourth-order valence-corrected chi connectivity index (χ4v) is 3.79. The topological polar surface area (TPSA) is 21.3 Å². The van der Waals surface area contributed by atoms with Gasteiger partial charge in [-0.1, -0.05) is 25.5 Å². The zero-order valence-electron chi connectivity index (χ0n) is 11.9. The average molecular weight is 354 g/mol. The molecule has 0 fully saturated rings. The van der Waals surface area contributed by atoms with E-state index in [4.69, 9.17) is 4.74 Å². The fraction of sp³-hybridized carbons (Fsp3) is 0.375. The maximum atomic E-state index is 5.70. The Morgan fingerprint density at radius 1 is 1.25 bits per heavy atom. The van der Waals surface area contributed by atoms with Gasteiger partial charge in [-0.3, -0.25) is 0 Å². The summed E-state index contributed by atoms with van der Waals surface area (Å²) in [4.78, 5) is 1.30. The van der Waals surface area contributed by atoms with E-state index < -0.39 is 0 Å². The molecule has 0 spiro atoms. The zero-order chi connectivity index (χ0) is 14.4. The highest BCUT2D eigenvalue weighted by Gasteiger charge is 2.16. The van der Waals surface area contributed by atoms with Crippen molar-refractivity contribution in [2.45, 2.75) is 25.8 Å². The van der Waals surface area contributed by atoms with Gasteiger partial charge >= 0.3 is 0 Å². The van der Waals surface area contributed by atoms with Gasteiger partial charge in [0.25, 0.3) is 0 Å². The molecule has 108 valence electrons. The number of thiophene rings is 1. The van der Waals surface area contributed by atoms with Crippen LogP contribution in [0.3, 0.4) is 0 Å². The Morgan fingerprint density at radius 2 is 2.00 bits per heavy atom. The predicted molar refractivity (Wildman–Crippen MR) is 89.8 cm³/mol. The first-order valence-corrected chi connectivity index (χ1v) is 8.56. The SMILES string of the molecule is CCCCOc1ccc(C(NC)c2sccc2Br)cc1. The molecule has 0 aliphatic heterocycles. The third-order valence-corrected chi connectivity index (χ3v) is 5.11. The molecule has 2 nitrogen and oxygen atoms in total. The summed E-state index contributed by atoms with van der Waals surface area (Å²) in [5.74, 6) is 0.947. The van der Waals surface area contributed by atoms with Crippen LogP contribution in [0.1, 0.15) is 36.2 Å². The molecule has 0 saturated heterocycles. The monoisotopic (exact) mass is 353 g/mol. The first-order chi connectivity index (χ1) is 9.76. The van der Waals surface area contributed by atoms with E-state index in [0.29, 0.717) is 0 Å². The van der Waals surface area contributed by atoms with E-state index in [1.54, 1.807) is 11.3 Å². The summed E-state index contributed by atoms with van der Waals surface area (Å²) in [5, 5.41) is 5.48. The van der Waals surface area contributed by atoms with Crippen LogP contribution in [0, 0.1) is 0 Å². The van der Waals surface area contributed by atoms with Gasteiger partial charge in [0, 0.05) is 9.35 Å². The van der Waals surface area contributed by atoms with Crippen LogP contribution in [0.15, 0.2) is 40.2 Å². The smallest absolute Gasteiger partial charge is 0.119 e. The predicted octanol–water partition coefficient (Wildman–Crippen LogP) is 5.00. The highest BCUT2D eigenvalue weighted by molar-refractivity contribution is 9.10. The molecule has 0 amide bonds. The summed E-state index contributed by atoms with van der Waals surface area (Å²) in [6.45, 7) is 2.96. The van der Waals surface area contributed by atoms with Crippen molar-refractivity contribution in [3.63, 3.8) is 0 Å². The van der Waals surface area contributed by atoms with Gasteiger partial charge in [0.15, 0.2) is 0 Å². The molecule has 0 aliphatic rings. The molecule has 2 rings (SSSR count). The van der Waals surface area contributed by atoms with E-state index in [2.05, 4.69) is 63.9 Å². The van der Waals surface area contributed by atoms with Gasteiger partial charge < -0.3 is 10.1 Å². The average Bonchev–Trinajstić information content (AvgIpc) is 2.88. The van der Waals surface area contributed by atoms with Gasteiger partial charge in [0.1, 0.15) is 5.75 Å². The number of hydrogen-bond acceptors (Lipinski definition) is 3. The Kier molecular flexibility index (Phi) is 6.07. The van der Waals surface area contributed by atoms with Crippen LogP contribution in [-0.4, -0.2) is 13.7 Å². The van der Waals surface area contributed by atoms with Crippen molar-refractivity contribution in [3.8, 4) is 5.75 Å². The van der Waals surface area contributed by atoms with Crippen molar-refractivity contribution >= 4 is 27.3 Å². The minimum absolute atomic E-state index is 0.217. The van der Waals surface area contributed by atoms with Crippen LogP contribution < -0.4 is 10.1 Å². The Labute approximate surface area is 133 Å². The van der Waals surface area contributed by atoms with E-state index in [1.165, 1.54) is 10.4 Å². The van der Waals surface area contributed by atoms with E-state index in [9.17, 15) is 0 Å². The third kappa shape index (κ3) is 3.84. The van der Waals surface area contributed by atoms with Crippen molar-refractivity contribution in [1.29, 1.82) is 0 Å². The van der Waals surface area contributed by atoms with Crippen molar-refractivity contribution in [1.82, 2.24) is 5.32 Å². The highest BCUT2D eigenvalue weighted by Crippen LogP contribution is 2.33. The van der Waals surface area contributed by atoms with Gasteiger partial charge in [0.05, 0.1) is 12.6 Å². The molecule has 1 unspecified atom stereocenters. The summed E-state index contributed by atoms with van der Waals surface area (Å²) < 4.78 is 6.86. The number of nitrogens with one attached hydrogen (secondary N) is 1. The minimum Gasteiger partial charge on any atom is -0.494 e. The first kappa shape index (κ1) is 15.5. The third-order valence-electron chi connectivity index (χ3n) is 3.18. The van der Waals surface area contributed by atoms with Crippen molar-refractivity contribution < 1.29 is 4.74 Å². The van der Waals surface area contributed by atoms with E-state index in [-0.39, 0.29) is 6.04 Å². The van der Waals surface area contributed by atoms with Crippen LogP contribution in [0.2, 0.25) is 0 Å². The van der Waals surface area contributed by atoms with E-state index >= 15 is 0 Å². The molecule has 1 N–H and O–H groups in total. The molecule has 0 radical (unpaired) electrons. The van der Waals surface area contributed by atoms with Crippen LogP contribution in [0.25, 0.3) is 0 Å². The van der Waals surface area contributed by atoms with Crippen LogP contribution in [0.4, 0.5) is 0 Å². The second-order valence-corrected chi connectivity index (χ2v) is 6.43. The summed E-state index contributed by atoms with van der Waals surface area (Å²) in [7, 11) is 1.99. The lowest BCUT2D eigenvalue weighted by molar-refractivity contribution is 0.309. The number of unbranched alkanes of at least 4 members (excludes halogenated alkanes) is 1. The second kappa shape index (κ2) is 7.81. The molecule has 0 saturated carbocycles. The Bertz CT molecular complexity index is 524. The molecule has 1 atom stereocenters. The van der Waals surface area contributed by atoms with Crippen LogP contribution in [0.5, 0.6) is 5.75 Å². The van der Waals surface area contributed by atoms with Crippen molar-refractivity contribution in [2.24, 2.45) is 0 Å². The van der Waals surface area contributed by atoms with Gasteiger partial charge in [-0.15, -0.1) is 11.3 Å². The molecule has 20 heavy (non-hydrogen) atoms. The summed E-state index contributed by atoms with van der Waals surface area (Å²) in [6, 6.07) is 10.7. The van der Waals surface area contributed by atoms with Crippen molar-refractivity contribution in [3.05, 3.63) is 50.6 Å². The maximum absolute atomic E-state index is 5.70. The molecule has 0 bridgehead atoms. The highest BCUT2D eigenvalue weighted by atomic mass is 79.9. The number of halogens is 1. The van der Waals surface area contributed by atoms with Gasteiger partial charge in [0.2, 0.25) is 0 Å². The molecule has 2 aromatic rings. The lowest BCUT2D eigenvalue weighted by Crippen LogP contribution is -2.16. The molecule has 1 aromatic heterocycles. The number of ether oxygens (including phenoxy) is 1. The van der Waals surface area contributed by atoms with Crippen LogP contribution in [-0.2, 0) is 0 Å². The number of benzene rings is 1. The molecule has 1 aromatic carbocycles. The normalized spacial score (nSPS) is 12.3. The van der Waals surface area contributed by atoms with Gasteiger partial charge in [-0.25, -0.2) is 0 Å². The van der Waals surface area contributed by atoms with Crippen molar-refractivity contribution in [2.75, 3.05) is 13.7 Å². The lowest BCUT2D eigenvalue weighted by Gasteiger charge is -2.16. The van der Waals surface area contributed by atoms with E-state index in [1.807, 2.05) is 7.05 Å². The first-order valence-electron chi connectivity index (χ1n) is 6.89. The van der Waals surface area contributed by atoms with Gasteiger partial charge in [-0.05, 0) is 58.5 Å². The Balaban J connectivity index is 2.10. The standard InChI is InChI=1S/C16H20BrNOS/c1-3-4-10-19-13-7-5-12(6-8-13)15(18-2)16-14(17)9-11-20-16/h5-9,11,15,18H,3-4,10H2,1-2H3. The summed E-state index contributed by atoms with van der Waals surface area (Å²) >= 11 is 5.36. The largest absolute Gasteiger partial charge is 0.494 e. The molecular formula is C16H20BrNOS. The Hall–Kier alpha value is -0.840. The van der Waals surface area contributed by atoms with Crippen LogP contribution >= 0.6 is 27.3 Å².